The third-order valence-corrected chi connectivity index (χ3v) is 3.13. The number of amides is 1. The molecule has 1 amide bonds. The lowest BCUT2D eigenvalue weighted by molar-refractivity contribution is -0.123. The van der Waals surface area contributed by atoms with E-state index in [4.69, 9.17) is 0 Å². The average molecular weight is 288 g/mol. The van der Waals surface area contributed by atoms with E-state index < -0.39 is 0 Å². The van der Waals surface area contributed by atoms with Crippen LogP contribution in [0.2, 0.25) is 0 Å². The minimum Gasteiger partial charge on any atom is -0.352 e. The Morgan fingerprint density at radius 3 is 2.25 bits per heavy atom. The summed E-state index contributed by atoms with van der Waals surface area (Å²) in [4.78, 5) is 15.3. The van der Waals surface area contributed by atoms with Gasteiger partial charge in [0.1, 0.15) is 0 Å². The molecule has 2 rings (SSSR count). The van der Waals surface area contributed by atoms with Gasteiger partial charge in [0, 0.05) is 30.6 Å². The van der Waals surface area contributed by atoms with Gasteiger partial charge in [-0.1, -0.05) is 49.4 Å². The van der Waals surface area contributed by atoms with Gasteiger partial charge in [-0.25, -0.2) is 0 Å². The first-order valence-electron chi connectivity index (χ1n) is 6.51. The van der Waals surface area contributed by atoms with Gasteiger partial charge in [-0.15, -0.1) is 0 Å². The first-order valence-corrected chi connectivity index (χ1v) is 7.14. The quantitative estimate of drug-likeness (QED) is 0.849. The van der Waals surface area contributed by atoms with Gasteiger partial charge in [0.25, 0.3) is 0 Å². The molecule has 1 aromatic heterocycles. The zero-order valence-electron chi connectivity index (χ0n) is 11.6. The monoisotopic (exact) mass is 288 g/mol. The van der Waals surface area contributed by atoms with Crippen LogP contribution in [0.4, 0.5) is 0 Å². The highest BCUT2D eigenvalue weighted by Gasteiger charge is 2.09. The van der Waals surface area contributed by atoms with Crippen molar-refractivity contribution in [2.75, 3.05) is 5.75 Å². The van der Waals surface area contributed by atoms with E-state index in [0.29, 0.717) is 12.3 Å². The zero-order chi connectivity index (χ0) is 14.6. The molecule has 1 heterocycles. The number of nitrogens with one attached hydrogen (secondary N) is 1. The molecule has 3 nitrogen and oxygen atoms in total. The van der Waals surface area contributed by atoms with Crippen LogP contribution < -0.4 is 5.32 Å². The van der Waals surface area contributed by atoms with Crippen molar-refractivity contribution in [1.29, 1.82) is 0 Å². The zero-order valence-corrected chi connectivity index (χ0v) is 12.5. The Balaban J connectivity index is 0.000000276. The van der Waals surface area contributed by atoms with Crippen molar-refractivity contribution in [3.05, 3.63) is 66.5 Å². The summed E-state index contributed by atoms with van der Waals surface area (Å²) in [6.07, 6.45) is 3.45. The molecule has 0 radical (unpaired) electrons. The molecule has 0 fully saturated rings. The Hall–Kier alpha value is -1.81. The fourth-order valence-corrected chi connectivity index (χ4v) is 1.50. The molecule has 1 unspecified atom stereocenters. The molecular formula is C16H20N2OS. The van der Waals surface area contributed by atoms with Crippen molar-refractivity contribution in [3.63, 3.8) is 0 Å². The highest BCUT2D eigenvalue weighted by molar-refractivity contribution is 7.80. The maximum atomic E-state index is 11.4. The summed E-state index contributed by atoms with van der Waals surface area (Å²) in [5.74, 6) is 0.553. The molecule has 0 saturated heterocycles. The van der Waals surface area contributed by atoms with E-state index in [0.717, 1.165) is 5.56 Å². The summed E-state index contributed by atoms with van der Waals surface area (Å²) in [6.45, 7) is 2.39. The molecule has 1 atom stereocenters. The van der Waals surface area contributed by atoms with Crippen molar-refractivity contribution in [3.8, 4) is 0 Å². The van der Waals surface area contributed by atoms with Crippen LogP contribution in [0, 0.1) is 5.92 Å². The number of thiol groups is 1. The number of benzene rings is 1. The Morgan fingerprint density at radius 1 is 1.20 bits per heavy atom. The van der Waals surface area contributed by atoms with Gasteiger partial charge in [0.15, 0.2) is 0 Å². The Labute approximate surface area is 125 Å². The van der Waals surface area contributed by atoms with Gasteiger partial charge < -0.3 is 5.32 Å². The first-order chi connectivity index (χ1) is 9.74. The van der Waals surface area contributed by atoms with Gasteiger partial charge in [0.05, 0.1) is 0 Å². The lowest BCUT2D eigenvalue weighted by atomic mass is 10.2. The van der Waals surface area contributed by atoms with Crippen molar-refractivity contribution in [2.24, 2.45) is 5.92 Å². The molecule has 106 valence electrons. The molecule has 1 aromatic carbocycles. The van der Waals surface area contributed by atoms with Crippen LogP contribution in [0.3, 0.4) is 0 Å². The van der Waals surface area contributed by atoms with Crippen LogP contribution in [0.25, 0.3) is 0 Å². The van der Waals surface area contributed by atoms with Gasteiger partial charge in [-0.2, -0.15) is 12.6 Å². The lowest BCUT2D eigenvalue weighted by Gasteiger charge is -2.08. The maximum absolute atomic E-state index is 11.4. The van der Waals surface area contributed by atoms with Crippen molar-refractivity contribution in [1.82, 2.24) is 10.3 Å². The van der Waals surface area contributed by atoms with E-state index in [-0.39, 0.29) is 11.8 Å². The number of rotatable bonds is 4. The highest BCUT2D eigenvalue weighted by Crippen LogP contribution is 1.99. The molecule has 0 saturated carbocycles. The molecule has 1 N–H and O–H groups in total. The standard InChI is InChI=1S/C10H14N2OS.C6H6/c1-8(7-14)10(13)12-6-9-3-2-4-11-5-9;1-2-4-6-5-3-1/h2-5,8,14H,6-7H2,1H3,(H,12,13);1-6H. The molecule has 0 bridgehead atoms. The van der Waals surface area contributed by atoms with Crippen LogP contribution in [0.1, 0.15) is 12.5 Å². The topological polar surface area (TPSA) is 42.0 Å². The van der Waals surface area contributed by atoms with Crippen LogP contribution in [-0.2, 0) is 11.3 Å². The highest BCUT2D eigenvalue weighted by atomic mass is 32.1. The predicted octanol–water partition coefficient (Wildman–Crippen LogP) is 2.95. The maximum Gasteiger partial charge on any atom is 0.223 e. The van der Waals surface area contributed by atoms with E-state index in [2.05, 4.69) is 22.9 Å². The molecule has 20 heavy (non-hydrogen) atoms. The smallest absolute Gasteiger partial charge is 0.223 e. The van der Waals surface area contributed by atoms with Gasteiger partial charge >= 0.3 is 0 Å². The Kier molecular flexibility index (Phi) is 8.15. The molecule has 0 aliphatic heterocycles. The lowest BCUT2D eigenvalue weighted by Crippen LogP contribution is -2.29. The van der Waals surface area contributed by atoms with E-state index >= 15 is 0 Å². The minimum atomic E-state index is -0.0463. The second-order valence-corrected chi connectivity index (χ2v) is 4.68. The molecule has 0 spiro atoms. The number of aromatic nitrogens is 1. The van der Waals surface area contributed by atoms with Gasteiger partial charge in [0.2, 0.25) is 5.91 Å². The minimum absolute atomic E-state index is 0.0313. The second kappa shape index (κ2) is 10.0. The molecule has 0 aliphatic carbocycles. The van der Waals surface area contributed by atoms with E-state index in [9.17, 15) is 4.79 Å². The van der Waals surface area contributed by atoms with Crippen LogP contribution >= 0.6 is 12.6 Å². The third kappa shape index (κ3) is 6.95. The predicted molar refractivity (Wildman–Crippen MR) is 85.5 cm³/mol. The van der Waals surface area contributed by atoms with Crippen LogP contribution in [0.5, 0.6) is 0 Å². The SMILES string of the molecule is CC(CS)C(=O)NCc1cccnc1.c1ccccc1. The molecule has 2 aromatic rings. The first kappa shape index (κ1) is 16.2. The largest absolute Gasteiger partial charge is 0.352 e. The fourth-order valence-electron chi connectivity index (χ4n) is 1.33. The Morgan fingerprint density at radius 2 is 1.80 bits per heavy atom. The van der Waals surface area contributed by atoms with Gasteiger partial charge in [-0.05, 0) is 11.6 Å². The van der Waals surface area contributed by atoms with E-state index in [1.807, 2.05) is 55.5 Å². The third-order valence-electron chi connectivity index (χ3n) is 2.58. The molecular weight excluding hydrogens is 268 g/mol. The van der Waals surface area contributed by atoms with Crippen LogP contribution in [-0.4, -0.2) is 16.6 Å². The van der Waals surface area contributed by atoms with Crippen molar-refractivity contribution >= 4 is 18.5 Å². The van der Waals surface area contributed by atoms with Gasteiger partial charge in [-0.3, -0.25) is 9.78 Å². The summed E-state index contributed by atoms with van der Waals surface area (Å²) < 4.78 is 0. The number of pyridine rings is 1. The fraction of sp³-hybridized carbons (Fsp3) is 0.250. The number of hydrogen-bond acceptors (Lipinski definition) is 3. The summed E-state index contributed by atoms with van der Waals surface area (Å²) in [5, 5.41) is 2.82. The molecule has 4 heteroatoms. The number of carbonyl (C=O) groups excluding carboxylic acids is 1. The summed E-state index contributed by atoms with van der Waals surface area (Å²) in [6, 6.07) is 15.8. The van der Waals surface area contributed by atoms with Crippen molar-refractivity contribution < 1.29 is 4.79 Å². The number of nitrogens with zero attached hydrogens (tertiary/aromatic N) is 1. The number of carbonyl (C=O) groups is 1. The normalized spacial score (nSPS) is 10.9. The summed E-state index contributed by atoms with van der Waals surface area (Å²) >= 11 is 4.06. The van der Waals surface area contributed by atoms with Crippen LogP contribution in [0.15, 0.2) is 60.9 Å². The Bertz CT molecular complexity index is 450. The summed E-state index contributed by atoms with van der Waals surface area (Å²) in [7, 11) is 0. The summed E-state index contributed by atoms with van der Waals surface area (Å²) in [5.41, 5.74) is 1.01. The van der Waals surface area contributed by atoms with E-state index in [1.165, 1.54) is 0 Å². The van der Waals surface area contributed by atoms with Crippen molar-refractivity contribution in [2.45, 2.75) is 13.5 Å². The molecule has 0 aliphatic rings. The van der Waals surface area contributed by atoms with E-state index in [1.54, 1.807) is 12.4 Å². The number of hydrogen-bond donors (Lipinski definition) is 2. The average Bonchev–Trinajstić information content (AvgIpc) is 2.55. The second-order valence-electron chi connectivity index (χ2n) is 4.32.